The van der Waals surface area contributed by atoms with E-state index in [0.717, 1.165) is 71.3 Å². The maximum Gasteiger partial charge on any atom is 0.162 e. The van der Waals surface area contributed by atoms with E-state index in [4.69, 9.17) is 26.1 Å². The van der Waals surface area contributed by atoms with Crippen molar-refractivity contribution >= 4 is 39.1 Å². The molecule has 3 aromatic carbocycles. The van der Waals surface area contributed by atoms with Crippen LogP contribution in [0.25, 0.3) is 21.8 Å². The Morgan fingerprint density at radius 1 is 0.971 bits per heavy atom. The Kier molecular flexibility index (Phi) is 8.16. The van der Waals surface area contributed by atoms with Gasteiger partial charge in [-0.1, -0.05) is 30.7 Å². The second kappa shape index (κ2) is 11.5. The highest BCUT2D eigenvalue weighted by molar-refractivity contribution is 6.31. The molecule has 0 atom stereocenters. The van der Waals surface area contributed by atoms with Crippen molar-refractivity contribution in [3.05, 3.63) is 65.2 Å². The van der Waals surface area contributed by atoms with Gasteiger partial charge in [0, 0.05) is 41.0 Å². The van der Waals surface area contributed by atoms with Crippen molar-refractivity contribution in [3.63, 3.8) is 0 Å². The number of nitrogens with zero attached hydrogens (tertiary/aromatic N) is 2. The standard InChI is InChI=1S/C28H32ClN3O3/c1-4-14-32(18-19-7-5-8-26(35-3)28(19)33)15-6-13-30-27-22-11-9-20(29)16-25(22)31-24-12-10-21(34-2)17-23(24)27/h5,7-12,16-17,33H,4,6,13-15,18H2,1-3H3,(H,30,31). The number of benzene rings is 3. The number of hydrogen-bond donors (Lipinski definition) is 2. The van der Waals surface area contributed by atoms with Crippen LogP contribution in [-0.2, 0) is 6.54 Å². The van der Waals surface area contributed by atoms with Gasteiger partial charge in [0.05, 0.1) is 30.9 Å². The molecule has 1 aromatic heterocycles. The number of rotatable bonds is 11. The van der Waals surface area contributed by atoms with Crippen LogP contribution in [-0.4, -0.2) is 48.8 Å². The summed E-state index contributed by atoms with van der Waals surface area (Å²) in [5.41, 5.74) is 3.66. The topological polar surface area (TPSA) is 66.9 Å². The molecule has 0 fully saturated rings. The third-order valence-electron chi connectivity index (χ3n) is 6.13. The fraction of sp³-hybridized carbons (Fsp3) is 0.321. The highest BCUT2D eigenvalue weighted by atomic mass is 35.5. The number of halogens is 1. The summed E-state index contributed by atoms with van der Waals surface area (Å²) in [5.74, 6) is 1.52. The Bertz CT molecular complexity index is 1310. The monoisotopic (exact) mass is 493 g/mol. The van der Waals surface area contributed by atoms with Crippen molar-refractivity contribution in [1.82, 2.24) is 9.88 Å². The van der Waals surface area contributed by atoms with Gasteiger partial charge in [-0.3, -0.25) is 4.90 Å². The highest BCUT2D eigenvalue weighted by Gasteiger charge is 2.13. The summed E-state index contributed by atoms with van der Waals surface area (Å²) in [4.78, 5) is 7.17. The van der Waals surface area contributed by atoms with Crippen molar-refractivity contribution in [2.75, 3.05) is 39.2 Å². The summed E-state index contributed by atoms with van der Waals surface area (Å²) >= 11 is 6.25. The Balaban J connectivity index is 1.51. The summed E-state index contributed by atoms with van der Waals surface area (Å²) in [6, 6.07) is 17.4. The average Bonchev–Trinajstić information content (AvgIpc) is 2.86. The minimum atomic E-state index is 0.219. The molecule has 0 radical (unpaired) electrons. The zero-order valence-corrected chi connectivity index (χ0v) is 21.2. The molecule has 35 heavy (non-hydrogen) atoms. The van der Waals surface area contributed by atoms with Crippen molar-refractivity contribution in [2.24, 2.45) is 0 Å². The second-order valence-electron chi connectivity index (χ2n) is 8.56. The smallest absolute Gasteiger partial charge is 0.162 e. The quantitative estimate of drug-likeness (QED) is 0.184. The van der Waals surface area contributed by atoms with Gasteiger partial charge in [-0.2, -0.15) is 0 Å². The van der Waals surface area contributed by atoms with Crippen LogP contribution in [0, 0.1) is 0 Å². The first-order valence-corrected chi connectivity index (χ1v) is 12.3. The molecule has 7 heteroatoms. The normalized spacial score (nSPS) is 11.3. The third-order valence-corrected chi connectivity index (χ3v) is 6.37. The maximum atomic E-state index is 10.5. The van der Waals surface area contributed by atoms with Crippen molar-refractivity contribution in [1.29, 1.82) is 0 Å². The summed E-state index contributed by atoms with van der Waals surface area (Å²) in [7, 11) is 3.25. The van der Waals surface area contributed by atoms with Crippen LogP contribution in [0.3, 0.4) is 0 Å². The number of para-hydroxylation sites is 1. The van der Waals surface area contributed by atoms with Crippen LogP contribution in [0.2, 0.25) is 5.02 Å². The van der Waals surface area contributed by atoms with Crippen LogP contribution in [0.1, 0.15) is 25.3 Å². The van der Waals surface area contributed by atoms with Gasteiger partial charge >= 0.3 is 0 Å². The number of hydrogen-bond acceptors (Lipinski definition) is 6. The van der Waals surface area contributed by atoms with Gasteiger partial charge in [0.15, 0.2) is 11.5 Å². The Labute approximate surface area is 211 Å². The molecule has 4 rings (SSSR count). The van der Waals surface area contributed by atoms with E-state index in [1.165, 1.54) is 0 Å². The molecule has 0 aliphatic heterocycles. The van der Waals surface area contributed by atoms with E-state index in [9.17, 15) is 5.11 Å². The third kappa shape index (κ3) is 5.72. The van der Waals surface area contributed by atoms with Gasteiger partial charge in [-0.05, 0) is 61.9 Å². The Hall–Kier alpha value is -3.22. The molecule has 0 aliphatic rings. The minimum Gasteiger partial charge on any atom is -0.504 e. The maximum absolute atomic E-state index is 10.5. The Morgan fingerprint density at radius 2 is 1.83 bits per heavy atom. The second-order valence-corrected chi connectivity index (χ2v) is 8.99. The number of phenols is 1. The average molecular weight is 494 g/mol. The summed E-state index contributed by atoms with van der Waals surface area (Å²) in [6.45, 7) is 5.48. The lowest BCUT2D eigenvalue weighted by molar-refractivity contribution is 0.260. The molecule has 184 valence electrons. The number of methoxy groups -OCH3 is 2. The molecule has 0 saturated carbocycles. The van der Waals surface area contributed by atoms with Gasteiger partial charge < -0.3 is 19.9 Å². The lowest BCUT2D eigenvalue weighted by Crippen LogP contribution is -2.26. The lowest BCUT2D eigenvalue weighted by atomic mass is 10.1. The largest absolute Gasteiger partial charge is 0.504 e. The molecule has 0 aliphatic carbocycles. The van der Waals surface area contributed by atoms with E-state index in [2.05, 4.69) is 17.1 Å². The van der Waals surface area contributed by atoms with Gasteiger partial charge in [0.2, 0.25) is 0 Å². The van der Waals surface area contributed by atoms with E-state index in [1.807, 2.05) is 48.5 Å². The molecule has 4 aromatic rings. The van der Waals surface area contributed by atoms with E-state index in [0.29, 0.717) is 17.3 Å². The van der Waals surface area contributed by atoms with Gasteiger partial charge in [0.1, 0.15) is 5.75 Å². The molecule has 0 saturated heterocycles. The number of phenolic OH excluding ortho intramolecular Hbond substituents is 1. The molecule has 0 bridgehead atoms. The Morgan fingerprint density at radius 3 is 2.60 bits per heavy atom. The molecule has 0 spiro atoms. The zero-order chi connectivity index (χ0) is 24.8. The van der Waals surface area contributed by atoms with E-state index < -0.39 is 0 Å². The van der Waals surface area contributed by atoms with E-state index in [-0.39, 0.29) is 5.75 Å². The first-order chi connectivity index (χ1) is 17.0. The molecule has 1 heterocycles. The van der Waals surface area contributed by atoms with Crippen LogP contribution >= 0.6 is 11.6 Å². The van der Waals surface area contributed by atoms with Crippen molar-refractivity contribution in [2.45, 2.75) is 26.3 Å². The van der Waals surface area contributed by atoms with Crippen LogP contribution in [0.5, 0.6) is 17.2 Å². The van der Waals surface area contributed by atoms with Gasteiger partial charge in [-0.25, -0.2) is 4.98 Å². The molecule has 0 unspecified atom stereocenters. The van der Waals surface area contributed by atoms with Crippen molar-refractivity contribution < 1.29 is 14.6 Å². The minimum absolute atomic E-state index is 0.219. The number of anilines is 1. The fourth-order valence-electron chi connectivity index (χ4n) is 4.42. The molecular formula is C28H32ClN3O3. The van der Waals surface area contributed by atoms with E-state index >= 15 is 0 Å². The van der Waals surface area contributed by atoms with Crippen LogP contribution < -0.4 is 14.8 Å². The predicted octanol–water partition coefficient (Wildman–Crippen LogP) is 6.48. The summed E-state index contributed by atoms with van der Waals surface area (Å²) in [5, 5.41) is 16.9. The fourth-order valence-corrected chi connectivity index (χ4v) is 4.58. The number of nitrogens with one attached hydrogen (secondary N) is 1. The first-order valence-electron chi connectivity index (χ1n) is 11.9. The summed E-state index contributed by atoms with van der Waals surface area (Å²) in [6.07, 6.45) is 1.98. The number of aromatic hydroxyl groups is 1. The van der Waals surface area contributed by atoms with Crippen LogP contribution in [0.4, 0.5) is 5.69 Å². The SMILES string of the molecule is CCCN(CCCNc1c2ccc(Cl)cc2nc2ccc(OC)cc12)Cc1cccc(OC)c1O. The lowest BCUT2D eigenvalue weighted by Gasteiger charge is -2.23. The summed E-state index contributed by atoms with van der Waals surface area (Å²) < 4.78 is 10.7. The number of aromatic nitrogens is 1. The van der Waals surface area contributed by atoms with Gasteiger partial charge in [-0.15, -0.1) is 0 Å². The molecular weight excluding hydrogens is 462 g/mol. The van der Waals surface area contributed by atoms with Crippen LogP contribution in [0.15, 0.2) is 54.6 Å². The molecule has 6 nitrogen and oxygen atoms in total. The predicted molar refractivity (Wildman–Crippen MR) is 144 cm³/mol. The zero-order valence-electron chi connectivity index (χ0n) is 20.5. The number of pyridine rings is 1. The van der Waals surface area contributed by atoms with E-state index in [1.54, 1.807) is 20.3 Å². The molecule has 2 N–H and O–H groups in total. The number of fused-ring (bicyclic) bond motifs is 2. The van der Waals surface area contributed by atoms with Gasteiger partial charge in [0.25, 0.3) is 0 Å². The highest BCUT2D eigenvalue weighted by Crippen LogP contribution is 2.34. The van der Waals surface area contributed by atoms with Crippen molar-refractivity contribution in [3.8, 4) is 17.2 Å². The first kappa shape index (κ1) is 24.9. The molecule has 0 amide bonds. The number of ether oxygens (including phenoxy) is 2.